The Morgan fingerprint density at radius 1 is 1.07 bits per heavy atom. The highest BCUT2D eigenvalue weighted by molar-refractivity contribution is 5.66. The minimum Gasteiger partial charge on any atom is -0.395 e. The van der Waals surface area contributed by atoms with Crippen molar-refractivity contribution in [3.8, 4) is 22.6 Å². The lowest BCUT2D eigenvalue weighted by Crippen LogP contribution is -2.59. The molecule has 2 atom stereocenters. The molecule has 2 bridgehead atoms. The molecule has 8 heteroatoms. The number of hydrogen-bond donors (Lipinski definition) is 1. The van der Waals surface area contributed by atoms with Crippen LogP contribution in [-0.2, 0) is 0 Å². The van der Waals surface area contributed by atoms with Crippen molar-refractivity contribution in [3.63, 3.8) is 0 Å². The zero-order valence-corrected chi connectivity index (χ0v) is 14.9. The summed E-state index contributed by atoms with van der Waals surface area (Å²) < 4.78 is 35.3. The second kappa shape index (κ2) is 6.02. The molecule has 0 spiro atoms. The summed E-state index contributed by atoms with van der Waals surface area (Å²) in [7, 11) is 0. The van der Waals surface area contributed by atoms with Gasteiger partial charge in [0, 0.05) is 30.0 Å². The van der Waals surface area contributed by atoms with Gasteiger partial charge in [0.2, 0.25) is 5.95 Å². The molecule has 1 N–H and O–H groups in total. The van der Waals surface area contributed by atoms with Crippen LogP contribution in [0.1, 0.15) is 19.8 Å². The molecule has 142 valence electrons. The van der Waals surface area contributed by atoms with E-state index in [0.717, 1.165) is 5.56 Å². The Kier molecular flexibility index (Phi) is 3.72. The van der Waals surface area contributed by atoms with Gasteiger partial charge in [0.15, 0.2) is 11.5 Å². The zero-order chi connectivity index (χ0) is 18.6. The molecule has 3 fully saturated rings. The number of ether oxygens (including phenoxy) is 2. The van der Waals surface area contributed by atoms with Crippen molar-refractivity contribution in [1.29, 1.82) is 0 Å². The van der Waals surface area contributed by atoms with Gasteiger partial charge in [0.1, 0.15) is 0 Å². The third-order valence-electron chi connectivity index (χ3n) is 5.86. The lowest BCUT2D eigenvalue weighted by atomic mass is 9.79. The SMILES string of the molecule is C[C@@H]1[C@@H](Nc2ncc(-c3ccc4c(c3)OC(F)(F)O4)cn2)C2CCN1CC2. The average molecular weight is 374 g/mol. The van der Waals surface area contributed by atoms with Gasteiger partial charge in [-0.1, -0.05) is 6.07 Å². The maximum absolute atomic E-state index is 13.2. The number of halogens is 2. The number of alkyl halides is 2. The minimum atomic E-state index is -3.61. The van der Waals surface area contributed by atoms with E-state index in [-0.39, 0.29) is 11.5 Å². The first kappa shape index (κ1) is 16.7. The summed E-state index contributed by atoms with van der Waals surface area (Å²) in [5.41, 5.74) is 1.42. The topological polar surface area (TPSA) is 59.5 Å². The van der Waals surface area contributed by atoms with Gasteiger partial charge in [-0.15, -0.1) is 8.78 Å². The number of anilines is 1. The molecular formula is C19H20F2N4O2. The number of piperidine rings is 3. The molecule has 0 saturated carbocycles. The molecule has 1 aromatic heterocycles. The van der Waals surface area contributed by atoms with E-state index in [4.69, 9.17) is 0 Å². The fourth-order valence-electron chi connectivity index (χ4n) is 4.37. The lowest BCUT2D eigenvalue weighted by Gasteiger charge is -2.49. The highest BCUT2D eigenvalue weighted by Gasteiger charge is 2.43. The van der Waals surface area contributed by atoms with Crippen LogP contribution in [0.2, 0.25) is 0 Å². The van der Waals surface area contributed by atoms with Crippen molar-refractivity contribution in [3.05, 3.63) is 30.6 Å². The van der Waals surface area contributed by atoms with Crippen LogP contribution in [0.4, 0.5) is 14.7 Å². The van der Waals surface area contributed by atoms with Crippen LogP contribution >= 0.6 is 0 Å². The van der Waals surface area contributed by atoms with Gasteiger partial charge in [-0.05, 0) is 56.5 Å². The maximum Gasteiger partial charge on any atom is 0.586 e. The van der Waals surface area contributed by atoms with Crippen LogP contribution in [-0.4, -0.2) is 46.3 Å². The summed E-state index contributed by atoms with van der Waals surface area (Å²) in [5.74, 6) is 1.29. The molecule has 0 radical (unpaired) electrons. The normalized spacial score (nSPS) is 30.3. The Morgan fingerprint density at radius 2 is 1.78 bits per heavy atom. The summed E-state index contributed by atoms with van der Waals surface area (Å²) in [6.45, 7) is 4.60. The van der Waals surface area contributed by atoms with Crippen molar-refractivity contribution in [2.45, 2.75) is 38.1 Å². The summed E-state index contributed by atoms with van der Waals surface area (Å²) >= 11 is 0. The number of aromatic nitrogens is 2. The van der Waals surface area contributed by atoms with E-state index in [9.17, 15) is 8.78 Å². The van der Waals surface area contributed by atoms with Crippen LogP contribution in [0.3, 0.4) is 0 Å². The first-order valence-corrected chi connectivity index (χ1v) is 9.21. The molecule has 4 aliphatic heterocycles. The molecule has 3 saturated heterocycles. The first-order valence-electron chi connectivity index (χ1n) is 9.21. The Hall–Kier alpha value is -2.48. The van der Waals surface area contributed by atoms with Gasteiger partial charge in [-0.3, -0.25) is 4.90 Å². The zero-order valence-electron chi connectivity index (χ0n) is 14.9. The predicted molar refractivity (Wildman–Crippen MR) is 94.8 cm³/mol. The van der Waals surface area contributed by atoms with Gasteiger partial charge in [-0.2, -0.15) is 0 Å². The molecule has 27 heavy (non-hydrogen) atoms. The molecule has 0 aliphatic carbocycles. The van der Waals surface area contributed by atoms with Crippen LogP contribution in [0, 0.1) is 5.92 Å². The van der Waals surface area contributed by atoms with E-state index < -0.39 is 6.29 Å². The Bertz CT molecular complexity index is 851. The summed E-state index contributed by atoms with van der Waals surface area (Å²) in [4.78, 5) is 11.4. The van der Waals surface area contributed by atoms with Gasteiger partial charge in [0.25, 0.3) is 0 Å². The van der Waals surface area contributed by atoms with Crippen LogP contribution in [0.25, 0.3) is 11.1 Å². The Balaban J connectivity index is 1.33. The second-order valence-corrected chi connectivity index (χ2v) is 7.41. The molecule has 2 aromatic rings. The molecule has 0 amide bonds. The van der Waals surface area contributed by atoms with E-state index in [1.807, 2.05) is 0 Å². The standard InChI is InChI=1S/C19H20F2N4O2/c1-11-17(12-4-6-25(11)7-5-12)24-18-22-9-14(10-23-18)13-2-3-15-16(8-13)27-19(20,21)26-15/h2-3,8-12,17H,4-7H2,1H3,(H,22,23,24)/t11-,17-/m1/s1. The molecular weight excluding hydrogens is 354 g/mol. The van der Waals surface area contributed by atoms with Crippen molar-refractivity contribution in [1.82, 2.24) is 14.9 Å². The Morgan fingerprint density at radius 3 is 2.48 bits per heavy atom. The van der Waals surface area contributed by atoms with Gasteiger partial charge in [-0.25, -0.2) is 9.97 Å². The first-order chi connectivity index (χ1) is 13.0. The number of benzene rings is 1. The number of nitrogens with one attached hydrogen (secondary N) is 1. The van der Waals surface area contributed by atoms with Crippen molar-refractivity contribution in [2.75, 3.05) is 18.4 Å². The molecule has 5 heterocycles. The molecule has 6 rings (SSSR count). The molecule has 6 nitrogen and oxygen atoms in total. The quantitative estimate of drug-likeness (QED) is 0.889. The van der Waals surface area contributed by atoms with Crippen LogP contribution in [0.5, 0.6) is 11.5 Å². The van der Waals surface area contributed by atoms with Gasteiger partial charge < -0.3 is 14.8 Å². The third-order valence-corrected chi connectivity index (χ3v) is 5.86. The maximum atomic E-state index is 13.2. The minimum absolute atomic E-state index is 0.0146. The summed E-state index contributed by atoms with van der Waals surface area (Å²) in [6.07, 6.45) is 2.19. The number of rotatable bonds is 3. The van der Waals surface area contributed by atoms with Gasteiger partial charge >= 0.3 is 6.29 Å². The highest BCUT2D eigenvalue weighted by Crippen LogP contribution is 2.42. The third kappa shape index (κ3) is 2.97. The number of fused-ring (bicyclic) bond motifs is 4. The van der Waals surface area contributed by atoms with Crippen molar-refractivity contribution in [2.24, 2.45) is 5.92 Å². The van der Waals surface area contributed by atoms with E-state index in [1.165, 1.54) is 38.1 Å². The average Bonchev–Trinajstić information content (AvgIpc) is 2.98. The van der Waals surface area contributed by atoms with Crippen molar-refractivity contribution >= 4 is 5.95 Å². The Labute approximate surface area is 155 Å². The van der Waals surface area contributed by atoms with E-state index in [0.29, 0.717) is 29.5 Å². The van der Waals surface area contributed by atoms with Crippen molar-refractivity contribution < 1.29 is 18.3 Å². The number of hydrogen-bond acceptors (Lipinski definition) is 6. The molecule has 4 aliphatic rings. The smallest absolute Gasteiger partial charge is 0.395 e. The lowest BCUT2D eigenvalue weighted by molar-refractivity contribution is -0.286. The van der Waals surface area contributed by atoms with Gasteiger partial charge in [0.05, 0.1) is 0 Å². The molecule has 0 unspecified atom stereocenters. The van der Waals surface area contributed by atoms with Crippen LogP contribution in [0.15, 0.2) is 30.6 Å². The largest absolute Gasteiger partial charge is 0.586 e. The fraction of sp³-hybridized carbons (Fsp3) is 0.474. The fourth-order valence-corrected chi connectivity index (χ4v) is 4.37. The predicted octanol–water partition coefficient (Wildman–Crippen LogP) is 3.36. The second-order valence-electron chi connectivity index (χ2n) is 7.41. The summed E-state index contributed by atoms with van der Waals surface area (Å²) in [5, 5.41) is 3.49. The summed E-state index contributed by atoms with van der Waals surface area (Å²) in [6, 6.07) is 5.48. The molecule has 1 aromatic carbocycles. The highest BCUT2D eigenvalue weighted by atomic mass is 19.3. The monoisotopic (exact) mass is 374 g/mol. The van der Waals surface area contributed by atoms with Crippen LogP contribution < -0.4 is 14.8 Å². The van der Waals surface area contributed by atoms with E-state index in [1.54, 1.807) is 18.5 Å². The number of nitrogens with zero attached hydrogens (tertiary/aromatic N) is 3. The van der Waals surface area contributed by atoms with E-state index >= 15 is 0 Å². The van der Waals surface area contributed by atoms with E-state index in [2.05, 4.69) is 36.6 Å².